The molecular formula is C15H18F3N5O. The van der Waals surface area contributed by atoms with Crippen LogP contribution in [0, 0.1) is 6.92 Å². The number of aryl methyl sites for hydroxylation is 2. The van der Waals surface area contributed by atoms with Gasteiger partial charge >= 0.3 is 12.2 Å². The van der Waals surface area contributed by atoms with Crippen molar-refractivity contribution >= 4 is 6.03 Å². The van der Waals surface area contributed by atoms with Gasteiger partial charge in [0.05, 0.1) is 0 Å². The molecule has 0 fully saturated rings. The third kappa shape index (κ3) is 5.25. The van der Waals surface area contributed by atoms with Gasteiger partial charge in [-0.2, -0.15) is 18.3 Å². The molecule has 3 N–H and O–H groups in total. The monoisotopic (exact) mass is 341 g/mol. The third-order valence-electron chi connectivity index (χ3n) is 3.32. The summed E-state index contributed by atoms with van der Waals surface area (Å²) in [6.07, 6.45) is -2.14. The summed E-state index contributed by atoms with van der Waals surface area (Å²) >= 11 is 0. The average Bonchev–Trinajstić information content (AvgIpc) is 3.01. The van der Waals surface area contributed by atoms with E-state index in [1.807, 2.05) is 5.32 Å². The molecule has 2 aromatic rings. The number of aromatic nitrogens is 3. The highest BCUT2D eigenvalue weighted by Crippen LogP contribution is 2.32. The van der Waals surface area contributed by atoms with Crippen LogP contribution in [0.25, 0.3) is 0 Å². The van der Waals surface area contributed by atoms with Gasteiger partial charge < -0.3 is 10.6 Å². The van der Waals surface area contributed by atoms with Crippen molar-refractivity contribution in [1.29, 1.82) is 0 Å². The summed E-state index contributed by atoms with van der Waals surface area (Å²) in [5.74, 6) is 0.658. The molecule has 24 heavy (non-hydrogen) atoms. The van der Waals surface area contributed by atoms with Crippen molar-refractivity contribution in [2.75, 3.05) is 6.54 Å². The molecule has 0 aliphatic rings. The van der Waals surface area contributed by atoms with Gasteiger partial charge in [-0.15, -0.1) is 0 Å². The van der Waals surface area contributed by atoms with Crippen LogP contribution in [0.3, 0.4) is 0 Å². The molecule has 0 bridgehead atoms. The number of urea groups is 1. The quantitative estimate of drug-likeness (QED) is 0.707. The van der Waals surface area contributed by atoms with Crippen molar-refractivity contribution in [1.82, 2.24) is 25.8 Å². The summed E-state index contributed by atoms with van der Waals surface area (Å²) in [4.78, 5) is 15.7. The number of nitrogens with zero attached hydrogens (tertiary/aromatic N) is 2. The predicted molar refractivity (Wildman–Crippen MR) is 81.2 cm³/mol. The Morgan fingerprint density at radius 2 is 2.17 bits per heavy atom. The fourth-order valence-corrected chi connectivity index (χ4v) is 2.19. The highest BCUT2D eigenvalue weighted by Gasteiger charge is 2.41. The van der Waals surface area contributed by atoms with Crippen molar-refractivity contribution in [3.63, 3.8) is 0 Å². The highest BCUT2D eigenvalue weighted by atomic mass is 19.4. The van der Waals surface area contributed by atoms with E-state index >= 15 is 0 Å². The summed E-state index contributed by atoms with van der Waals surface area (Å²) in [5.41, 5.74) is 0.690. The lowest BCUT2D eigenvalue weighted by Gasteiger charge is -2.22. The van der Waals surface area contributed by atoms with E-state index in [4.69, 9.17) is 0 Å². The molecule has 0 radical (unpaired) electrons. The minimum atomic E-state index is -4.58. The Labute approximate surface area is 136 Å². The normalized spacial score (nSPS) is 12.7. The Balaban J connectivity index is 1.88. The van der Waals surface area contributed by atoms with Crippen LogP contribution in [0.4, 0.5) is 18.0 Å². The lowest BCUT2D eigenvalue weighted by Crippen LogP contribution is -2.43. The zero-order valence-corrected chi connectivity index (χ0v) is 13.0. The second kappa shape index (κ2) is 7.80. The summed E-state index contributed by atoms with van der Waals surface area (Å²) in [6, 6.07) is 3.06. The van der Waals surface area contributed by atoms with Crippen molar-refractivity contribution in [2.45, 2.75) is 32.0 Å². The fraction of sp³-hybridized carbons (Fsp3) is 0.400. The van der Waals surface area contributed by atoms with Crippen LogP contribution in [-0.4, -0.2) is 33.9 Å². The van der Waals surface area contributed by atoms with E-state index in [1.54, 1.807) is 13.0 Å². The van der Waals surface area contributed by atoms with E-state index in [0.717, 1.165) is 0 Å². The van der Waals surface area contributed by atoms with Gasteiger partial charge in [-0.3, -0.25) is 5.10 Å². The van der Waals surface area contributed by atoms with E-state index in [0.29, 0.717) is 24.2 Å². The molecule has 9 heteroatoms. The van der Waals surface area contributed by atoms with Gasteiger partial charge in [0.25, 0.3) is 0 Å². The molecular weight excluding hydrogens is 323 g/mol. The van der Waals surface area contributed by atoms with Gasteiger partial charge in [0.1, 0.15) is 12.2 Å². The highest BCUT2D eigenvalue weighted by molar-refractivity contribution is 5.74. The van der Waals surface area contributed by atoms with Crippen LogP contribution < -0.4 is 10.6 Å². The maximum absolute atomic E-state index is 13.2. The number of hydrogen-bond acceptors (Lipinski definition) is 3. The minimum Gasteiger partial charge on any atom is -0.338 e. The molecule has 1 unspecified atom stereocenters. The Morgan fingerprint density at radius 1 is 1.38 bits per heavy atom. The maximum atomic E-state index is 13.2. The lowest BCUT2D eigenvalue weighted by molar-refractivity contribution is -0.154. The predicted octanol–water partition coefficient (Wildman–Crippen LogP) is 2.65. The number of rotatable bonds is 6. The van der Waals surface area contributed by atoms with Gasteiger partial charge in [-0.1, -0.05) is 29.8 Å². The van der Waals surface area contributed by atoms with E-state index < -0.39 is 18.2 Å². The number of nitrogens with one attached hydrogen (secondary N) is 3. The van der Waals surface area contributed by atoms with Crippen molar-refractivity contribution in [3.8, 4) is 0 Å². The Kier molecular flexibility index (Phi) is 5.78. The molecule has 2 rings (SSSR count). The van der Waals surface area contributed by atoms with Gasteiger partial charge in [0.15, 0.2) is 6.04 Å². The molecule has 0 saturated carbocycles. The molecule has 1 aromatic carbocycles. The molecule has 1 atom stereocenters. The molecule has 1 heterocycles. The van der Waals surface area contributed by atoms with Crippen molar-refractivity contribution in [3.05, 3.63) is 47.5 Å². The van der Waals surface area contributed by atoms with Gasteiger partial charge in [-0.05, 0) is 18.9 Å². The zero-order valence-electron chi connectivity index (χ0n) is 13.0. The average molecular weight is 341 g/mol. The molecule has 6 nitrogen and oxygen atoms in total. The first-order valence-corrected chi connectivity index (χ1v) is 7.38. The second-order valence-electron chi connectivity index (χ2n) is 5.32. The molecule has 130 valence electrons. The molecule has 0 aliphatic carbocycles. The number of amides is 2. The fourth-order valence-electron chi connectivity index (χ4n) is 2.19. The smallest absolute Gasteiger partial charge is 0.338 e. The van der Waals surface area contributed by atoms with Gasteiger partial charge in [0, 0.05) is 13.0 Å². The topological polar surface area (TPSA) is 82.7 Å². The number of benzene rings is 1. The van der Waals surface area contributed by atoms with Crippen molar-refractivity contribution in [2.24, 2.45) is 0 Å². The lowest BCUT2D eigenvalue weighted by atomic mass is 10.0. The van der Waals surface area contributed by atoms with Gasteiger partial charge in [-0.25, -0.2) is 9.78 Å². The molecule has 0 aliphatic heterocycles. The van der Waals surface area contributed by atoms with E-state index in [-0.39, 0.29) is 12.1 Å². The third-order valence-corrected chi connectivity index (χ3v) is 3.32. The first-order valence-electron chi connectivity index (χ1n) is 7.38. The number of H-pyrrole nitrogens is 1. The number of hydrogen-bond donors (Lipinski definition) is 3. The number of aromatic amines is 1. The first-order chi connectivity index (χ1) is 11.4. The van der Waals surface area contributed by atoms with Crippen LogP contribution in [0.2, 0.25) is 0 Å². The standard InChI is InChI=1S/C15H18F3N5O/c1-10-4-2-5-11(8-10)13(15(16,17)18)22-14(24)19-7-3-6-12-20-9-21-23-12/h2,4-5,8-9,13H,3,6-7H2,1H3,(H2,19,22,24)(H,20,21,23). The second-order valence-corrected chi connectivity index (χ2v) is 5.32. The largest absolute Gasteiger partial charge is 0.412 e. The van der Waals surface area contributed by atoms with Crippen LogP contribution in [0.5, 0.6) is 0 Å². The summed E-state index contributed by atoms with van der Waals surface area (Å²) in [6.45, 7) is 1.92. The Bertz CT molecular complexity index is 657. The zero-order chi connectivity index (χ0) is 17.6. The van der Waals surface area contributed by atoms with Gasteiger partial charge in [0.2, 0.25) is 0 Å². The summed E-state index contributed by atoms with van der Waals surface area (Å²) in [5, 5.41) is 10.8. The maximum Gasteiger partial charge on any atom is 0.412 e. The molecule has 0 spiro atoms. The van der Waals surface area contributed by atoms with Crippen LogP contribution in [-0.2, 0) is 6.42 Å². The van der Waals surface area contributed by atoms with E-state index in [2.05, 4.69) is 20.5 Å². The van der Waals surface area contributed by atoms with Crippen LogP contribution in [0.15, 0.2) is 30.6 Å². The van der Waals surface area contributed by atoms with Crippen LogP contribution in [0.1, 0.15) is 29.4 Å². The number of halogens is 3. The first kappa shape index (κ1) is 17.8. The number of carbonyl (C=O) groups excluding carboxylic acids is 1. The number of alkyl halides is 3. The van der Waals surface area contributed by atoms with Crippen molar-refractivity contribution < 1.29 is 18.0 Å². The van der Waals surface area contributed by atoms with E-state index in [1.165, 1.54) is 24.5 Å². The molecule has 2 amide bonds. The molecule has 1 aromatic heterocycles. The molecule has 0 saturated heterocycles. The number of carbonyl (C=O) groups is 1. The SMILES string of the molecule is Cc1cccc(C(NC(=O)NCCCc2ncn[nH]2)C(F)(F)F)c1. The van der Waals surface area contributed by atoms with E-state index in [9.17, 15) is 18.0 Å². The Morgan fingerprint density at radius 3 is 2.79 bits per heavy atom. The minimum absolute atomic E-state index is 0.000639. The van der Waals surface area contributed by atoms with Crippen LogP contribution >= 0.6 is 0 Å². The summed E-state index contributed by atoms with van der Waals surface area (Å²) < 4.78 is 39.6. The summed E-state index contributed by atoms with van der Waals surface area (Å²) in [7, 11) is 0. The Hall–Kier alpha value is -2.58.